The van der Waals surface area contributed by atoms with Crippen molar-refractivity contribution in [3.05, 3.63) is 28.5 Å². The van der Waals surface area contributed by atoms with Crippen molar-refractivity contribution >= 4 is 35.2 Å². The molecule has 1 aromatic heterocycles. The number of nitrogens with zero attached hydrogens (tertiary/aromatic N) is 4. The maximum atomic E-state index is 6.25. The van der Waals surface area contributed by atoms with Crippen LogP contribution >= 0.6 is 23.1 Å². The first-order valence-electron chi connectivity index (χ1n) is 6.52. The van der Waals surface area contributed by atoms with Gasteiger partial charge in [-0.25, -0.2) is 4.99 Å². The first kappa shape index (κ1) is 15.7. The van der Waals surface area contributed by atoms with Crippen LogP contribution in [0.3, 0.4) is 0 Å². The van der Waals surface area contributed by atoms with Crippen LogP contribution in [-0.4, -0.2) is 34.2 Å². The molecule has 112 valence electrons. The molecule has 0 saturated carbocycles. The van der Waals surface area contributed by atoms with Crippen molar-refractivity contribution in [2.24, 2.45) is 4.99 Å². The van der Waals surface area contributed by atoms with Gasteiger partial charge in [0, 0.05) is 25.1 Å². The molecule has 0 unspecified atom stereocenters. The molecule has 0 aliphatic carbocycles. The number of hydrogen-bond acceptors (Lipinski definition) is 5. The van der Waals surface area contributed by atoms with Crippen molar-refractivity contribution in [2.75, 3.05) is 13.6 Å². The molecule has 0 atom stereocenters. The molecule has 0 amide bonds. The molecule has 0 radical (unpaired) electrons. The number of aromatic nitrogens is 2. The Kier molecular flexibility index (Phi) is 5.14. The SMILES string of the molecule is CCN(C)/C=N/c1cc(Cl)c(Oc2nc(C)ns2)cc1C. The van der Waals surface area contributed by atoms with Crippen molar-refractivity contribution in [3.8, 4) is 10.9 Å². The van der Waals surface area contributed by atoms with E-state index in [9.17, 15) is 0 Å². The molecule has 0 aliphatic rings. The lowest BCUT2D eigenvalue weighted by atomic mass is 10.2. The van der Waals surface area contributed by atoms with E-state index in [0.717, 1.165) is 17.8 Å². The van der Waals surface area contributed by atoms with Crippen LogP contribution in [0.4, 0.5) is 5.69 Å². The monoisotopic (exact) mass is 324 g/mol. The number of aryl methyl sites for hydroxylation is 2. The summed E-state index contributed by atoms with van der Waals surface area (Å²) in [6, 6.07) is 3.65. The highest BCUT2D eigenvalue weighted by atomic mass is 35.5. The second-order valence-electron chi connectivity index (χ2n) is 4.60. The van der Waals surface area contributed by atoms with Crippen LogP contribution in [0.5, 0.6) is 10.9 Å². The topological polar surface area (TPSA) is 50.6 Å². The predicted octanol–water partition coefficient (Wildman–Crippen LogP) is 4.21. The lowest BCUT2D eigenvalue weighted by molar-refractivity contribution is 0.478. The zero-order valence-corrected chi connectivity index (χ0v) is 14.0. The van der Waals surface area contributed by atoms with E-state index in [1.165, 1.54) is 11.5 Å². The van der Waals surface area contributed by atoms with Gasteiger partial charge in [0.1, 0.15) is 11.6 Å². The third-order valence-corrected chi connectivity index (χ3v) is 3.83. The van der Waals surface area contributed by atoms with Gasteiger partial charge in [0.05, 0.1) is 17.0 Å². The number of aliphatic imine (C=N–C) groups is 1. The van der Waals surface area contributed by atoms with Crippen molar-refractivity contribution in [1.29, 1.82) is 0 Å². The van der Waals surface area contributed by atoms with E-state index in [-0.39, 0.29) is 0 Å². The van der Waals surface area contributed by atoms with Gasteiger partial charge in [-0.15, -0.1) is 0 Å². The minimum absolute atomic E-state index is 0.482. The van der Waals surface area contributed by atoms with Crippen LogP contribution in [0, 0.1) is 13.8 Å². The largest absolute Gasteiger partial charge is 0.428 e. The molecule has 0 aliphatic heterocycles. The fraction of sp³-hybridized carbons (Fsp3) is 0.357. The third-order valence-electron chi connectivity index (χ3n) is 2.85. The molecule has 0 bridgehead atoms. The average molecular weight is 325 g/mol. The summed E-state index contributed by atoms with van der Waals surface area (Å²) in [4.78, 5) is 10.6. The summed E-state index contributed by atoms with van der Waals surface area (Å²) in [7, 11) is 1.97. The Labute approximate surface area is 133 Å². The van der Waals surface area contributed by atoms with E-state index in [2.05, 4.69) is 21.3 Å². The summed E-state index contributed by atoms with van der Waals surface area (Å²) in [5, 5.41) is 0.982. The van der Waals surface area contributed by atoms with E-state index < -0.39 is 0 Å². The Balaban J connectivity index is 2.22. The molecule has 0 spiro atoms. The Morgan fingerprint density at radius 1 is 1.43 bits per heavy atom. The van der Waals surface area contributed by atoms with Gasteiger partial charge < -0.3 is 9.64 Å². The molecule has 0 saturated heterocycles. The van der Waals surface area contributed by atoms with Crippen molar-refractivity contribution in [3.63, 3.8) is 0 Å². The second kappa shape index (κ2) is 6.87. The molecule has 21 heavy (non-hydrogen) atoms. The Morgan fingerprint density at radius 2 is 2.19 bits per heavy atom. The Morgan fingerprint density at radius 3 is 2.81 bits per heavy atom. The van der Waals surface area contributed by atoms with Gasteiger partial charge in [-0.05, 0) is 38.5 Å². The molecule has 1 heterocycles. The highest BCUT2D eigenvalue weighted by Crippen LogP contribution is 2.35. The Hall–Kier alpha value is -1.66. The predicted molar refractivity (Wildman–Crippen MR) is 87.4 cm³/mol. The van der Waals surface area contributed by atoms with Crippen LogP contribution in [0.15, 0.2) is 17.1 Å². The molecule has 5 nitrogen and oxygen atoms in total. The van der Waals surface area contributed by atoms with Crippen molar-refractivity contribution in [2.45, 2.75) is 20.8 Å². The standard InChI is InChI=1S/C14H17ClN4OS/c1-5-19(4)8-16-12-7-11(15)13(6-9(12)2)20-14-17-10(3)18-21-14/h6-8H,5H2,1-4H3/b16-8+. The number of ether oxygens (including phenoxy) is 1. The minimum atomic E-state index is 0.482. The van der Waals surface area contributed by atoms with E-state index in [1.54, 1.807) is 12.4 Å². The van der Waals surface area contributed by atoms with Crippen LogP contribution in [0.2, 0.25) is 5.02 Å². The fourth-order valence-corrected chi connectivity index (χ4v) is 2.27. The van der Waals surface area contributed by atoms with Crippen LogP contribution in [-0.2, 0) is 0 Å². The number of halogens is 1. The molecular weight excluding hydrogens is 308 g/mol. The minimum Gasteiger partial charge on any atom is -0.428 e. The van der Waals surface area contributed by atoms with E-state index >= 15 is 0 Å². The van der Waals surface area contributed by atoms with Crippen LogP contribution in [0.1, 0.15) is 18.3 Å². The van der Waals surface area contributed by atoms with Gasteiger partial charge in [-0.2, -0.15) is 9.36 Å². The maximum absolute atomic E-state index is 6.25. The fourth-order valence-electron chi connectivity index (χ4n) is 1.52. The van der Waals surface area contributed by atoms with Crippen molar-refractivity contribution in [1.82, 2.24) is 14.3 Å². The first-order chi connectivity index (χ1) is 9.99. The molecule has 0 N–H and O–H groups in total. The van der Waals surface area contributed by atoms with Gasteiger partial charge in [0.25, 0.3) is 5.19 Å². The van der Waals surface area contributed by atoms with Gasteiger partial charge in [0.2, 0.25) is 0 Å². The molecule has 2 rings (SSSR count). The van der Waals surface area contributed by atoms with Crippen LogP contribution < -0.4 is 4.74 Å². The summed E-state index contributed by atoms with van der Waals surface area (Å²) in [5.74, 6) is 1.25. The normalized spacial score (nSPS) is 11.1. The molecule has 0 fully saturated rings. The second-order valence-corrected chi connectivity index (χ2v) is 5.72. The number of rotatable bonds is 5. The highest BCUT2D eigenvalue weighted by molar-refractivity contribution is 7.07. The third kappa shape index (κ3) is 4.15. The first-order valence-corrected chi connectivity index (χ1v) is 7.67. The van der Waals surface area contributed by atoms with Crippen molar-refractivity contribution < 1.29 is 4.74 Å². The van der Waals surface area contributed by atoms with Gasteiger partial charge in [-0.3, -0.25) is 0 Å². The zero-order valence-electron chi connectivity index (χ0n) is 12.4. The summed E-state index contributed by atoms with van der Waals surface area (Å²) in [6.45, 7) is 6.74. The van der Waals surface area contributed by atoms with E-state index in [4.69, 9.17) is 16.3 Å². The smallest absolute Gasteiger partial charge is 0.298 e. The highest BCUT2D eigenvalue weighted by Gasteiger charge is 2.10. The van der Waals surface area contributed by atoms with E-state index in [0.29, 0.717) is 21.8 Å². The number of benzene rings is 1. The molecule has 2 aromatic rings. The molecule has 1 aromatic carbocycles. The number of hydrogen-bond donors (Lipinski definition) is 0. The quantitative estimate of drug-likeness (QED) is 0.610. The van der Waals surface area contributed by atoms with Crippen LogP contribution in [0.25, 0.3) is 0 Å². The zero-order chi connectivity index (χ0) is 15.4. The summed E-state index contributed by atoms with van der Waals surface area (Å²) >= 11 is 7.45. The van der Waals surface area contributed by atoms with Gasteiger partial charge in [-0.1, -0.05) is 11.6 Å². The maximum Gasteiger partial charge on any atom is 0.298 e. The average Bonchev–Trinajstić information content (AvgIpc) is 2.86. The van der Waals surface area contributed by atoms with Gasteiger partial charge >= 0.3 is 0 Å². The summed E-state index contributed by atoms with van der Waals surface area (Å²) in [6.07, 6.45) is 1.79. The van der Waals surface area contributed by atoms with E-state index in [1.807, 2.05) is 31.9 Å². The molecule has 7 heteroatoms. The lowest BCUT2D eigenvalue weighted by Gasteiger charge is -2.10. The summed E-state index contributed by atoms with van der Waals surface area (Å²) in [5.41, 5.74) is 1.80. The molecular formula is C14H17ClN4OS. The summed E-state index contributed by atoms with van der Waals surface area (Å²) < 4.78 is 9.74. The Bertz CT molecular complexity index is 656. The van der Waals surface area contributed by atoms with Gasteiger partial charge in [0.15, 0.2) is 0 Å². The lowest BCUT2D eigenvalue weighted by Crippen LogP contribution is -2.14.